The molecule has 210 valence electrons. The number of ether oxygens (including phenoxy) is 2. The number of fused-ring (bicyclic) bond motifs is 3. The van der Waals surface area contributed by atoms with Gasteiger partial charge in [0.25, 0.3) is 0 Å². The quantitative estimate of drug-likeness (QED) is 0.0834. The van der Waals surface area contributed by atoms with E-state index in [9.17, 15) is 31.5 Å². The lowest BCUT2D eigenvalue weighted by Gasteiger charge is -2.20. The third kappa shape index (κ3) is 5.77. The first kappa shape index (κ1) is 27.8. The third-order valence-corrected chi connectivity index (χ3v) is 6.79. The van der Waals surface area contributed by atoms with Gasteiger partial charge in [-0.2, -0.15) is 8.78 Å². The Morgan fingerprint density at radius 1 is 0.707 bits per heavy atom. The molecule has 1 aliphatic carbocycles. The van der Waals surface area contributed by atoms with Crippen molar-refractivity contribution in [3.63, 3.8) is 0 Å². The summed E-state index contributed by atoms with van der Waals surface area (Å²) in [6.45, 7) is -0.00702. The lowest BCUT2D eigenvalue weighted by Crippen LogP contribution is -2.39. The topological polar surface area (TPSA) is 64.6 Å². The molecule has 4 aromatic rings. The van der Waals surface area contributed by atoms with Crippen LogP contribution < -0.4 is 10.1 Å². The van der Waals surface area contributed by atoms with E-state index in [0.717, 1.165) is 22.3 Å². The summed E-state index contributed by atoms with van der Waals surface area (Å²) >= 11 is 0. The molecule has 0 heterocycles. The van der Waals surface area contributed by atoms with Crippen LogP contribution in [0.15, 0.2) is 78.9 Å². The van der Waals surface area contributed by atoms with Crippen LogP contribution in [0.4, 0.5) is 26.7 Å². The highest BCUT2D eigenvalue weighted by Crippen LogP contribution is 2.44. The van der Waals surface area contributed by atoms with Gasteiger partial charge in [-0.3, -0.25) is 4.79 Å². The van der Waals surface area contributed by atoms with E-state index in [1.807, 2.05) is 48.5 Å². The molecular formula is C31H22F5NO4. The minimum atomic E-state index is -2.38. The molecule has 1 amide bonds. The van der Waals surface area contributed by atoms with Gasteiger partial charge in [0.15, 0.2) is 0 Å². The lowest BCUT2D eigenvalue weighted by atomic mass is 9.98. The molecule has 5 rings (SSSR count). The molecule has 0 unspecified atom stereocenters. The zero-order valence-electron chi connectivity index (χ0n) is 21.3. The maximum Gasteiger partial charge on any atom is 0.407 e. The predicted molar refractivity (Wildman–Crippen MR) is 139 cm³/mol. The normalized spacial score (nSPS) is 12.8. The Morgan fingerprint density at radius 2 is 1.22 bits per heavy atom. The molecule has 0 radical (unpaired) electrons. The number of esters is 1. The minimum absolute atomic E-state index is 0.00702. The smallest absolute Gasteiger partial charge is 0.407 e. The molecule has 1 aliphatic rings. The van der Waals surface area contributed by atoms with Crippen LogP contribution in [0.2, 0.25) is 0 Å². The van der Waals surface area contributed by atoms with Gasteiger partial charge in [0.05, 0.1) is 6.42 Å². The molecule has 0 spiro atoms. The Labute approximate surface area is 231 Å². The standard InChI is InChI=1S/C31H22F5NO4/c32-25-26(33)28(35)30(29(36)27(25)34)41-24(38)15-18(14-17-8-2-1-3-9-17)37-31(39)40-16-23-21-12-6-4-10-19(21)20-11-5-7-13-22(20)23/h1-13,18,23H,14-16H2,(H,37,39)/t18-/m1/s1. The molecule has 0 saturated heterocycles. The van der Waals surface area contributed by atoms with Crippen LogP contribution >= 0.6 is 0 Å². The van der Waals surface area contributed by atoms with Crippen LogP contribution in [0, 0.1) is 29.1 Å². The van der Waals surface area contributed by atoms with E-state index >= 15 is 0 Å². The largest absolute Gasteiger partial charge is 0.449 e. The van der Waals surface area contributed by atoms with Crippen molar-refractivity contribution in [2.45, 2.75) is 24.8 Å². The molecule has 1 N–H and O–H groups in total. The number of nitrogens with one attached hydrogen (secondary N) is 1. The van der Waals surface area contributed by atoms with Crippen molar-refractivity contribution >= 4 is 12.1 Å². The van der Waals surface area contributed by atoms with Gasteiger partial charge in [-0.15, -0.1) is 0 Å². The van der Waals surface area contributed by atoms with Crippen molar-refractivity contribution in [3.05, 3.63) is 125 Å². The number of hydrogen-bond acceptors (Lipinski definition) is 4. The highest BCUT2D eigenvalue weighted by atomic mass is 19.2. The second kappa shape index (κ2) is 11.8. The summed E-state index contributed by atoms with van der Waals surface area (Å²) < 4.78 is 78.6. The van der Waals surface area contributed by atoms with E-state index < -0.39 is 59.4 Å². The Balaban J connectivity index is 1.29. The zero-order valence-corrected chi connectivity index (χ0v) is 21.3. The Bertz CT molecular complexity index is 1540. The van der Waals surface area contributed by atoms with Gasteiger partial charge in [-0.25, -0.2) is 18.0 Å². The summed E-state index contributed by atoms with van der Waals surface area (Å²) in [5, 5.41) is 2.56. The predicted octanol–water partition coefficient (Wildman–Crippen LogP) is 6.83. The van der Waals surface area contributed by atoms with Gasteiger partial charge < -0.3 is 14.8 Å². The number of carbonyl (C=O) groups is 2. The average Bonchev–Trinajstić information content (AvgIpc) is 3.30. The third-order valence-electron chi connectivity index (χ3n) is 6.79. The van der Waals surface area contributed by atoms with Gasteiger partial charge in [-0.05, 0) is 34.2 Å². The van der Waals surface area contributed by atoms with Gasteiger partial charge >= 0.3 is 12.1 Å². The fraction of sp³-hybridized carbons (Fsp3) is 0.161. The molecule has 0 bridgehead atoms. The number of benzene rings is 4. The Kier molecular flexibility index (Phi) is 8.00. The van der Waals surface area contributed by atoms with Gasteiger partial charge in [0.1, 0.15) is 6.61 Å². The lowest BCUT2D eigenvalue weighted by molar-refractivity contribution is -0.135. The maximum absolute atomic E-state index is 14.0. The van der Waals surface area contributed by atoms with Crippen molar-refractivity contribution < 1.29 is 41.0 Å². The molecule has 1 atom stereocenters. The summed E-state index contributed by atoms with van der Waals surface area (Å²) in [6, 6.07) is 23.2. The van der Waals surface area contributed by atoms with E-state index in [1.54, 1.807) is 30.3 Å². The van der Waals surface area contributed by atoms with Crippen molar-refractivity contribution in [1.82, 2.24) is 5.32 Å². The van der Waals surface area contributed by atoms with E-state index in [4.69, 9.17) is 4.74 Å². The van der Waals surface area contributed by atoms with E-state index in [1.165, 1.54) is 0 Å². The summed E-state index contributed by atoms with van der Waals surface area (Å²) in [5.74, 6) is -14.7. The van der Waals surface area contributed by atoms with Crippen LogP contribution in [0.3, 0.4) is 0 Å². The Morgan fingerprint density at radius 3 is 1.80 bits per heavy atom. The highest BCUT2D eigenvalue weighted by Gasteiger charge is 2.31. The molecule has 0 aromatic heterocycles. The second-order valence-electron chi connectivity index (χ2n) is 9.43. The number of carbonyl (C=O) groups excluding carboxylic acids is 2. The molecule has 5 nitrogen and oxygen atoms in total. The van der Waals surface area contributed by atoms with Crippen LogP contribution in [0.25, 0.3) is 11.1 Å². The molecular weight excluding hydrogens is 545 g/mol. The first-order valence-electron chi connectivity index (χ1n) is 12.6. The maximum atomic E-state index is 14.0. The SMILES string of the molecule is O=C(C[C@@H](Cc1ccccc1)NC(=O)OCC1c2ccccc2-c2ccccc21)Oc1c(F)c(F)c(F)c(F)c1F. The molecule has 0 fully saturated rings. The van der Waals surface area contributed by atoms with Crippen molar-refractivity contribution in [2.24, 2.45) is 0 Å². The summed E-state index contributed by atoms with van der Waals surface area (Å²) in [4.78, 5) is 25.4. The van der Waals surface area contributed by atoms with Crippen LogP contribution in [-0.2, 0) is 16.0 Å². The number of amides is 1. The van der Waals surface area contributed by atoms with Crippen molar-refractivity contribution in [2.75, 3.05) is 6.61 Å². The summed E-state index contributed by atoms with van der Waals surface area (Å²) in [6.07, 6.45) is -1.44. The van der Waals surface area contributed by atoms with E-state index in [2.05, 4.69) is 10.1 Å². The van der Waals surface area contributed by atoms with Crippen molar-refractivity contribution in [1.29, 1.82) is 0 Å². The van der Waals surface area contributed by atoms with Crippen LogP contribution in [-0.4, -0.2) is 24.7 Å². The highest BCUT2D eigenvalue weighted by molar-refractivity contribution is 5.79. The van der Waals surface area contributed by atoms with Crippen molar-refractivity contribution in [3.8, 4) is 16.9 Å². The van der Waals surface area contributed by atoms with Crippen LogP contribution in [0.5, 0.6) is 5.75 Å². The first-order chi connectivity index (χ1) is 19.7. The van der Waals surface area contributed by atoms with Gasteiger partial charge in [0.2, 0.25) is 34.8 Å². The van der Waals surface area contributed by atoms with E-state index in [0.29, 0.717) is 5.56 Å². The molecule has 0 aliphatic heterocycles. The Hall–Kier alpha value is -4.73. The number of hydrogen-bond donors (Lipinski definition) is 1. The second-order valence-corrected chi connectivity index (χ2v) is 9.43. The zero-order chi connectivity index (χ0) is 29.1. The monoisotopic (exact) mass is 567 g/mol. The molecule has 41 heavy (non-hydrogen) atoms. The summed E-state index contributed by atoms with van der Waals surface area (Å²) in [5.41, 5.74) is 4.76. The molecule has 0 saturated carbocycles. The minimum Gasteiger partial charge on any atom is -0.449 e. The molecule has 4 aromatic carbocycles. The fourth-order valence-corrected chi connectivity index (χ4v) is 4.91. The number of rotatable bonds is 8. The molecule has 10 heteroatoms. The van der Waals surface area contributed by atoms with Gasteiger partial charge in [0, 0.05) is 12.0 Å². The first-order valence-corrected chi connectivity index (χ1v) is 12.6. The number of alkyl carbamates (subject to hydrolysis) is 1. The fourth-order valence-electron chi connectivity index (χ4n) is 4.91. The average molecular weight is 568 g/mol. The van der Waals surface area contributed by atoms with E-state index in [-0.39, 0.29) is 18.9 Å². The van der Waals surface area contributed by atoms with Gasteiger partial charge in [-0.1, -0.05) is 78.9 Å². The van der Waals surface area contributed by atoms with Crippen LogP contribution in [0.1, 0.15) is 29.0 Å². The number of halogens is 5. The summed E-state index contributed by atoms with van der Waals surface area (Å²) in [7, 11) is 0.